The van der Waals surface area contributed by atoms with Gasteiger partial charge in [0.15, 0.2) is 0 Å². The molecule has 1 aromatic rings. The van der Waals surface area contributed by atoms with Crippen molar-refractivity contribution in [1.82, 2.24) is 0 Å². The highest BCUT2D eigenvalue weighted by Gasteiger charge is 2.10. The summed E-state index contributed by atoms with van der Waals surface area (Å²) in [6, 6.07) is 5.71. The summed E-state index contributed by atoms with van der Waals surface area (Å²) >= 11 is 6.16. The predicted molar refractivity (Wildman–Crippen MR) is 69.1 cm³/mol. The molecule has 1 atom stereocenters. The third-order valence-electron chi connectivity index (χ3n) is 2.73. The molecule has 90 valence electrons. The van der Waals surface area contributed by atoms with Gasteiger partial charge in [0.25, 0.3) is 0 Å². The Hall–Kier alpha value is -0.730. The molecule has 0 saturated heterocycles. The van der Waals surface area contributed by atoms with Crippen LogP contribution in [-0.4, -0.2) is 7.11 Å². The number of rotatable bonds is 6. The molecule has 1 rings (SSSR count). The fourth-order valence-corrected chi connectivity index (χ4v) is 2.02. The van der Waals surface area contributed by atoms with Crippen LogP contribution in [0.3, 0.4) is 0 Å². The van der Waals surface area contributed by atoms with E-state index in [1.54, 1.807) is 7.11 Å². The molecule has 0 radical (unpaired) electrons. The first-order valence-electron chi connectivity index (χ1n) is 5.78. The standard InChI is InChI=1S/C13H20ClNO/c1-3-4-5-6-13(15)11-8-7-10(16-2)9-12(11)14/h7-9,13H,3-6,15H2,1-2H3. The van der Waals surface area contributed by atoms with Gasteiger partial charge in [-0.15, -0.1) is 0 Å². The Bertz CT molecular complexity index is 328. The van der Waals surface area contributed by atoms with Crippen LogP contribution in [-0.2, 0) is 0 Å². The lowest BCUT2D eigenvalue weighted by molar-refractivity contribution is 0.414. The molecular formula is C13H20ClNO. The number of benzene rings is 1. The van der Waals surface area contributed by atoms with Gasteiger partial charge in [0, 0.05) is 11.1 Å². The van der Waals surface area contributed by atoms with Gasteiger partial charge in [0.1, 0.15) is 5.75 Å². The second kappa shape index (κ2) is 6.77. The number of methoxy groups -OCH3 is 1. The van der Waals surface area contributed by atoms with Gasteiger partial charge in [-0.1, -0.05) is 43.9 Å². The molecule has 0 aliphatic heterocycles. The van der Waals surface area contributed by atoms with Crippen molar-refractivity contribution >= 4 is 11.6 Å². The summed E-state index contributed by atoms with van der Waals surface area (Å²) in [5.74, 6) is 0.773. The minimum Gasteiger partial charge on any atom is -0.497 e. The third kappa shape index (κ3) is 3.69. The van der Waals surface area contributed by atoms with Gasteiger partial charge >= 0.3 is 0 Å². The monoisotopic (exact) mass is 241 g/mol. The molecule has 0 heterocycles. The van der Waals surface area contributed by atoms with Crippen molar-refractivity contribution in [3.8, 4) is 5.75 Å². The first kappa shape index (κ1) is 13.3. The maximum atomic E-state index is 6.16. The Balaban J connectivity index is 2.64. The maximum absolute atomic E-state index is 6.16. The van der Waals surface area contributed by atoms with Crippen LogP contribution in [0.2, 0.25) is 5.02 Å². The Morgan fingerprint density at radius 1 is 1.38 bits per heavy atom. The topological polar surface area (TPSA) is 35.2 Å². The number of hydrogen-bond donors (Lipinski definition) is 1. The van der Waals surface area contributed by atoms with Crippen LogP contribution in [0.4, 0.5) is 0 Å². The molecule has 0 aliphatic carbocycles. The van der Waals surface area contributed by atoms with Gasteiger partial charge < -0.3 is 10.5 Å². The van der Waals surface area contributed by atoms with E-state index >= 15 is 0 Å². The second-order valence-corrected chi connectivity index (χ2v) is 4.40. The normalized spacial score (nSPS) is 12.5. The summed E-state index contributed by atoms with van der Waals surface area (Å²) in [5.41, 5.74) is 7.12. The van der Waals surface area contributed by atoms with E-state index in [-0.39, 0.29) is 6.04 Å². The van der Waals surface area contributed by atoms with Crippen LogP contribution in [0.15, 0.2) is 18.2 Å². The maximum Gasteiger partial charge on any atom is 0.120 e. The number of unbranched alkanes of at least 4 members (excludes halogenated alkanes) is 2. The zero-order valence-corrected chi connectivity index (χ0v) is 10.8. The van der Waals surface area contributed by atoms with E-state index in [2.05, 4.69) is 6.92 Å². The molecule has 0 aromatic heterocycles. The molecule has 3 heteroatoms. The first-order valence-corrected chi connectivity index (χ1v) is 6.15. The smallest absolute Gasteiger partial charge is 0.120 e. The highest BCUT2D eigenvalue weighted by Crippen LogP contribution is 2.28. The fraction of sp³-hybridized carbons (Fsp3) is 0.538. The molecule has 2 nitrogen and oxygen atoms in total. The van der Waals surface area contributed by atoms with E-state index in [0.717, 1.165) is 24.2 Å². The zero-order valence-electron chi connectivity index (χ0n) is 10.0. The van der Waals surface area contributed by atoms with E-state index in [1.807, 2.05) is 18.2 Å². The molecule has 2 N–H and O–H groups in total. The van der Waals surface area contributed by atoms with E-state index < -0.39 is 0 Å². The second-order valence-electron chi connectivity index (χ2n) is 3.99. The average molecular weight is 242 g/mol. The molecule has 0 aliphatic rings. The largest absolute Gasteiger partial charge is 0.497 e. The summed E-state index contributed by atoms with van der Waals surface area (Å²) < 4.78 is 5.10. The molecule has 0 saturated carbocycles. The zero-order chi connectivity index (χ0) is 12.0. The van der Waals surface area contributed by atoms with E-state index in [0.29, 0.717) is 5.02 Å². The van der Waals surface area contributed by atoms with Crippen LogP contribution < -0.4 is 10.5 Å². The van der Waals surface area contributed by atoms with Gasteiger partial charge in [-0.05, 0) is 24.1 Å². The molecule has 0 spiro atoms. The summed E-state index contributed by atoms with van der Waals surface area (Å²) in [7, 11) is 1.63. The predicted octanol–water partition coefficient (Wildman–Crippen LogP) is 3.93. The molecule has 16 heavy (non-hydrogen) atoms. The Morgan fingerprint density at radius 3 is 2.69 bits per heavy atom. The number of nitrogens with two attached hydrogens (primary N) is 1. The lowest BCUT2D eigenvalue weighted by Gasteiger charge is -2.14. The highest BCUT2D eigenvalue weighted by molar-refractivity contribution is 6.31. The summed E-state index contributed by atoms with van der Waals surface area (Å²) in [4.78, 5) is 0. The molecule has 1 unspecified atom stereocenters. The van der Waals surface area contributed by atoms with E-state index in [9.17, 15) is 0 Å². The van der Waals surface area contributed by atoms with Crippen molar-refractivity contribution in [3.63, 3.8) is 0 Å². The Labute approximate surface area is 103 Å². The van der Waals surface area contributed by atoms with Gasteiger partial charge in [-0.25, -0.2) is 0 Å². The SMILES string of the molecule is CCCCCC(N)c1ccc(OC)cc1Cl. The summed E-state index contributed by atoms with van der Waals surface area (Å²) in [6.45, 7) is 2.19. The van der Waals surface area contributed by atoms with E-state index in [1.165, 1.54) is 12.8 Å². The number of halogens is 1. The lowest BCUT2D eigenvalue weighted by Crippen LogP contribution is -2.10. The highest BCUT2D eigenvalue weighted by atomic mass is 35.5. The minimum absolute atomic E-state index is 0.0324. The van der Waals surface area contributed by atoms with Crippen LogP contribution >= 0.6 is 11.6 Å². The Morgan fingerprint density at radius 2 is 2.12 bits per heavy atom. The van der Waals surface area contributed by atoms with Crippen molar-refractivity contribution in [2.45, 2.75) is 38.6 Å². The van der Waals surface area contributed by atoms with Crippen LogP contribution in [0.5, 0.6) is 5.75 Å². The van der Waals surface area contributed by atoms with Crippen LogP contribution in [0.25, 0.3) is 0 Å². The number of hydrogen-bond acceptors (Lipinski definition) is 2. The molecule has 0 amide bonds. The molecular weight excluding hydrogens is 222 g/mol. The summed E-state index contributed by atoms with van der Waals surface area (Å²) in [5, 5.41) is 0.698. The van der Waals surface area contributed by atoms with Crippen molar-refractivity contribution in [1.29, 1.82) is 0 Å². The lowest BCUT2D eigenvalue weighted by atomic mass is 10.0. The Kier molecular flexibility index (Phi) is 5.64. The van der Waals surface area contributed by atoms with Crippen molar-refractivity contribution in [2.24, 2.45) is 5.73 Å². The van der Waals surface area contributed by atoms with Crippen molar-refractivity contribution in [2.75, 3.05) is 7.11 Å². The third-order valence-corrected chi connectivity index (χ3v) is 3.05. The van der Waals surface area contributed by atoms with Crippen molar-refractivity contribution < 1.29 is 4.74 Å². The molecule has 0 bridgehead atoms. The summed E-state index contributed by atoms with van der Waals surface area (Å²) in [6.07, 6.45) is 4.57. The number of ether oxygens (including phenoxy) is 1. The molecule has 1 aromatic carbocycles. The van der Waals surface area contributed by atoms with Crippen molar-refractivity contribution in [3.05, 3.63) is 28.8 Å². The van der Waals surface area contributed by atoms with Gasteiger partial charge in [-0.2, -0.15) is 0 Å². The average Bonchev–Trinajstić information content (AvgIpc) is 2.29. The van der Waals surface area contributed by atoms with Gasteiger partial charge in [-0.3, -0.25) is 0 Å². The fourth-order valence-electron chi connectivity index (χ4n) is 1.71. The quantitative estimate of drug-likeness (QED) is 0.766. The minimum atomic E-state index is 0.0324. The molecule has 0 fully saturated rings. The van der Waals surface area contributed by atoms with Gasteiger partial charge in [0.2, 0.25) is 0 Å². The first-order chi connectivity index (χ1) is 7.69. The van der Waals surface area contributed by atoms with Crippen LogP contribution in [0.1, 0.15) is 44.2 Å². The van der Waals surface area contributed by atoms with Gasteiger partial charge in [0.05, 0.1) is 7.11 Å². The van der Waals surface area contributed by atoms with Crippen LogP contribution in [0, 0.1) is 0 Å². The van der Waals surface area contributed by atoms with E-state index in [4.69, 9.17) is 22.1 Å².